The SMILES string of the molecule is OC[C@@H]1CNC[C@H]1C1CCN(Cc2ccc(C(F)(F)F)cc2)CC1. The van der Waals surface area contributed by atoms with Crippen LogP contribution in [0, 0.1) is 17.8 Å². The summed E-state index contributed by atoms with van der Waals surface area (Å²) in [5.41, 5.74) is 0.339. The zero-order valence-corrected chi connectivity index (χ0v) is 13.7. The Bertz CT molecular complexity index is 524. The van der Waals surface area contributed by atoms with Crippen molar-refractivity contribution in [1.29, 1.82) is 0 Å². The number of rotatable bonds is 4. The fourth-order valence-electron chi connectivity index (χ4n) is 4.10. The second-order valence-electron chi connectivity index (χ2n) is 7.07. The molecule has 24 heavy (non-hydrogen) atoms. The van der Waals surface area contributed by atoms with Crippen LogP contribution in [-0.2, 0) is 12.7 Å². The first-order valence-corrected chi connectivity index (χ1v) is 8.67. The van der Waals surface area contributed by atoms with Crippen molar-refractivity contribution in [2.24, 2.45) is 17.8 Å². The van der Waals surface area contributed by atoms with Crippen molar-refractivity contribution in [3.63, 3.8) is 0 Å². The molecule has 2 saturated heterocycles. The normalized spacial score (nSPS) is 26.8. The minimum atomic E-state index is -4.27. The maximum Gasteiger partial charge on any atom is 0.416 e. The van der Waals surface area contributed by atoms with Gasteiger partial charge in [-0.25, -0.2) is 0 Å². The Morgan fingerprint density at radius 2 is 1.75 bits per heavy atom. The number of aliphatic hydroxyl groups excluding tert-OH is 1. The van der Waals surface area contributed by atoms with E-state index >= 15 is 0 Å². The molecule has 0 spiro atoms. The summed E-state index contributed by atoms with van der Waals surface area (Å²) in [4.78, 5) is 2.31. The van der Waals surface area contributed by atoms with E-state index < -0.39 is 11.7 Å². The Labute approximate surface area is 140 Å². The first kappa shape index (κ1) is 17.7. The number of aliphatic hydroxyl groups is 1. The van der Waals surface area contributed by atoms with Crippen LogP contribution in [0.15, 0.2) is 24.3 Å². The molecule has 6 heteroatoms. The van der Waals surface area contributed by atoms with Crippen LogP contribution in [0.2, 0.25) is 0 Å². The Morgan fingerprint density at radius 1 is 1.08 bits per heavy atom. The molecule has 0 aliphatic carbocycles. The van der Waals surface area contributed by atoms with Crippen molar-refractivity contribution in [2.75, 3.05) is 32.8 Å². The van der Waals surface area contributed by atoms with Crippen LogP contribution in [-0.4, -0.2) is 42.8 Å². The highest BCUT2D eigenvalue weighted by Gasteiger charge is 2.35. The number of likely N-dealkylation sites (tertiary alicyclic amines) is 1. The average Bonchev–Trinajstić information content (AvgIpc) is 3.04. The number of hydrogen-bond acceptors (Lipinski definition) is 3. The predicted octanol–water partition coefficient (Wildman–Crippen LogP) is 2.75. The number of hydrogen-bond donors (Lipinski definition) is 2. The first-order valence-electron chi connectivity index (χ1n) is 8.67. The first-order chi connectivity index (χ1) is 11.5. The molecule has 2 fully saturated rings. The van der Waals surface area contributed by atoms with E-state index in [1.807, 2.05) is 0 Å². The lowest BCUT2D eigenvalue weighted by Gasteiger charge is -2.36. The van der Waals surface area contributed by atoms with Crippen LogP contribution < -0.4 is 5.32 Å². The van der Waals surface area contributed by atoms with Gasteiger partial charge in [0.1, 0.15) is 0 Å². The number of nitrogens with one attached hydrogen (secondary N) is 1. The van der Waals surface area contributed by atoms with E-state index in [2.05, 4.69) is 10.2 Å². The third-order valence-corrected chi connectivity index (χ3v) is 5.55. The number of alkyl halides is 3. The van der Waals surface area contributed by atoms with Crippen LogP contribution in [0.25, 0.3) is 0 Å². The van der Waals surface area contributed by atoms with E-state index in [4.69, 9.17) is 0 Å². The van der Waals surface area contributed by atoms with Crippen LogP contribution in [0.1, 0.15) is 24.0 Å². The molecule has 2 aliphatic rings. The Balaban J connectivity index is 1.50. The van der Waals surface area contributed by atoms with Gasteiger partial charge in [-0.15, -0.1) is 0 Å². The zero-order chi connectivity index (χ0) is 17.2. The lowest BCUT2D eigenvalue weighted by atomic mass is 9.79. The highest BCUT2D eigenvalue weighted by atomic mass is 19.4. The maximum absolute atomic E-state index is 12.6. The van der Waals surface area contributed by atoms with Crippen molar-refractivity contribution in [3.05, 3.63) is 35.4 Å². The third-order valence-electron chi connectivity index (χ3n) is 5.55. The fraction of sp³-hybridized carbons (Fsp3) is 0.667. The molecule has 2 N–H and O–H groups in total. The monoisotopic (exact) mass is 342 g/mol. The largest absolute Gasteiger partial charge is 0.416 e. The topological polar surface area (TPSA) is 35.5 Å². The number of halogens is 3. The highest BCUT2D eigenvalue weighted by molar-refractivity contribution is 5.24. The summed E-state index contributed by atoms with van der Waals surface area (Å²) < 4.78 is 37.8. The number of nitrogens with zero attached hydrogens (tertiary/aromatic N) is 1. The van der Waals surface area contributed by atoms with Crippen LogP contribution in [0.3, 0.4) is 0 Å². The fourth-order valence-corrected chi connectivity index (χ4v) is 4.10. The summed E-state index contributed by atoms with van der Waals surface area (Å²) in [6, 6.07) is 5.49. The van der Waals surface area contributed by atoms with Gasteiger partial charge in [-0.05, 0) is 67.9 Å². The van der Waals surface area contributed by atoms with E-state index in [0.29, 0.717) is 24.3 Å². The molecule has 1 aromatic carbocycles. The van der Waals surface area contributed by atoms with Gasteiger partial charge >= 0.3 is 6.18 Å². The quantitative estimate of drug-likeness (QED) is 0.883. The highest BCUT2D eigenvalue weighted by Crippen LogP contribution is 2.33. The van der Waals surface area contributed by atoms with Gasteiger partial charge in [0.15, 0.2) is 0 Å². The van der Waals surface area contributed by atoms with E-state index in [9.17, 15) is 18.3 Å². The van der Waals surface area contributed by atoms with Crippen molar-refractivity contribution in [3.8, 4) is 0 Å². The molecule has 2 heterocycles. The van der Waals surface area contributed by atoms with Gasteiger partial charge in [0.2, 0.25) is 0 Å². The third kappa shape index (κ3) is 4.10. The van der Waals surface area contributed by atoms with Gasteiger partial charge in [0.05, 0.1) is 5.56 Å². The zero-order valence-electron chi connectivity index (χ0n) is 13.7. The molecule has 3 rings (SSSR count). The molecule has 3 nitrogen and oxygen atoms in total. The second kappa shape index (κ2) is 7.42. The predicted molar refractivity (Wildman–Crippen MR) is 86.4 cm³/mol. The van der Waals surface area contributed by atoms with Crippen molar-refractivity contribution >= 4 is 0 Å². The lowest BCUT2D eigenvalue weighted by molar-refractivity contribution is -0.137. The van der Waals surface area contributed by atoms with E-state index in [0.717, 1.165) is 56.7 Å². The molecule has 0 aromatic heterocycles. The molecule has 0 bridgehead atoms. The summed E-state index contributed by atoms with van der Waals surface area (Å²) in [5.74, 6) is 1.57. The number of benzene rings is 1. The average molecular weight is 342 g/mol. The molecular weight excluding hydrogens is 317 g/mol. The Morgan fingerprint density at radius 3 is 2.33 bits per heavy atom. The van der Waals surface area contributed by atoms with E-state index in [1.54, 1.807) is 12.1 Å². The van der Waals surface area contributed by atoms with Crippen molar-refractivity contribution < 1.29 is 18.3 Å². The molecule has 0 amide bonds. The van der Waals surface area contributed by atoms with Gasteiger partial charge < -0.3 is 10.4 Å². The van der Waals surface area contributed by atoms with Crippen LogP contribution in [0.4, 0.5) is 13.2 Å². The molecule has 134 valence electrons. The maximum atomic E-state index is 12.6. The van der Waals surface area contributed by atoms with Crippen molar-refractivity contribution in [2.45, 2.75) is 25.6 Å². The van der Waals surface area contributed by atoms with Crippen LogP contribution in [0.5, 0.6) is 0 Å². The summed E-state index contributed by atoms with van der Waals surface area (Å²) >= 11 is 0. The van der Waals surface area contributed by atoms with Gasteiger partial charge in [-0.3, -0.25) is 4.90 Å². The minimum absolute atomic E-state index is 0.253. The van der Waals surface area contributed by atoms with Gasteiger partial charge in [-0.1, -0.05) is 12.1 Å². The lowest BCUT2D eigenvalue weighted by Crippen LogP contribution is -2.38. The van der Waals surface area contributed by atoms with E-state index in [1.165, 1.54) is 0 Å². The molecule has 2 aliphatic heterocycles. The van der Waals surface area contributed by atoms with Gasteiger partial charge in [-0.2, -0.15) is 13.2 Å². The van der Waals surface area contributed by atoms with E-state index in [-0.39, 0.29) is 6.61 Å². The molecule has 0 radical (unpaired) electrons. The molecule has 1 aromatic rings. The minimum Gasteiger partial charge on any atom is -0.396 e. The molecule has 2 atom stereocenters. The Kier molecular flexibility index (Phi) is 5.47. The molecule has 0 unspecified atom stereocenters. The summed E-state index contributed by atoms with van der Waals surface area (Å²) in [6.07, 6.45) is -2.07. The van der Waals surface area contributed by atoms with Gasteiger partial charge in [0, 0.05) is 19.7 Å². The summed E-state index contributed by atoms with van der Waals surface area (Å²) in [6.45, 7) is 4.81. The van der Waals surface area contributed by atoms with Crippen molar-refractivity contribution in [1.82, 2.24) is 10.2 Å². The standard InChI is InChI=1S/C18H25F3N2O/c19-18(20,21)16-3-1-13(2-4-16)11-23-7-5-14(6-8-23)17-10-22-9-15(17)12-24/h1-4,14-15,17,22,24H,5-12H2/t15-,17-/m0/s1. The van der Waals surface area contributed by atoms with Crippen LogP contribution >= 0.6 is 0 Å². The Hall–Kier alpha value is -1.11. The smallest absolute Gasteiger partial charge is 0.396 e. The molecular formula is C18H25F3N2O. The molecule has 0 saturated carbocycles. The number of piperidine rings is 1. The second-order valence-corrected chi connectivity index (χ2v) is 7.07. The van der Waals surface area contributed by atoms with Gasteiger partial charge in [0.25, 0.3) is 0 Å². The summed E-state index contributed by atoms with van der Waals surface area (Å²) in [5, 5.41) is 12.8. The summed E-state index contributed by atoms with van der Waals surface area (Å²) in [7, 11) is 0.